The van der Waals surface area contributed by atoms with Gasteiger partial charge in [0, 0.05) is 6.54 Å². The molecule has 0 heterocycles. The van der Waals surface area contributed by atoms with Crippen molar-refractivity contribution in [3.05, 3.63) is 35.6 Å². The van der Waals surface area contributed by atoms with Gasteiger partial charge >= 0.3 is 5.97 Å². The molecular weight excluding hydrogens is 201 g/mol. The van der Waals surface area contributed by atoms with Crippen molar-refractivity contribution < 1.29 is 19.4 Å². The lowest BCUT2D eigenvalue weighted by Crippen LogP contribution is -2.39. The molecule has 0 aromatic heterocycles. The normalized spacial score (nSPS) is 12.4. The van der Waals surface area contributed by atoms with Gasteiger partial charge in [-0.3, -0.25) is 10.1 Å². The molecule has 1 aromatic rings. The average Bonchev–Trinajstić information content (AvgIpc) is 2.21. The van der Waals surface area contributed by atoms with Crippen molar-refractivity contribution >= 4 is 5.97 Å². The molecule has 0 bridgehead atoms. The summed E-state index contributed by atoms with van der Waals surface area (Å²) in [6, 6.07) is 4.71. The highest BCUT2D eigenvalue weighted by molar-refractivity contribution is 5.73. The molecule has 1 rings (SSSR count). The molecule has 0 radical (unpaired) electrons. The number of hydrogen-bond donors (Lipinski definition) is 3. The van der Waals surface area contributed by atoms with Crippen molar-refractivity contribution in [3.8, 4) is 0 Å². The summed E-state index contributed by atoms with van der Waals surface area (Å²) in [7, 11) is 0. The molecule has 0 aliphatic rings. The van der Waals surface area contributed by atoms with Gasteiger partial charge in [0.2, 0.25) is 0 Å². The molecule has 15 heavy (non-hydrogen) atoms. The van der Waals surface area contributed by atoms with Gasteiger partial charge in [-0.1, -0.05) is 12.1 Å². The maximum absolute atomic E-state index is 12.5. The van der Waals surface area contributed by atoms with Crippen LogP contribution < -0.4 is 5.32 Å². The molecule has 5 heteroatoms. The summed E-state index contributed by atoms with van der Waals surface area (Å²) < 4.78 is 12.5. The van der Waals surface area contributed by atoms with Crippen LogP contribution in [0.2, 0.25) is 0 Å². The van der Waals surface area contributed by atoms with Crippen LogP contribution in [0, 0.1) is 5.82 Å². The number of carbonyl (C=O) groups is 1. The zero-order valence-electron chi connectivity index (χ0n) is 7.98. The summed E-state index contributed by atoms with van der Waals surface area (Å²) in [4.78, 5) is 10.5. The fourth-order valence-corrected chi connectivity index (χ4v) is 1.07. The van der Waals surface area contributed by atoms with Crippen molar-refractivity contribution in [3.63, 3.8) is 0 Å². The lowest BCUT2D eigenvalue weighted by molar-refractivity contribution is -0.140. The van der Waals surface area contributed by atoms with E-state index in [9.17, 15) is 9.18 Å². The number of aliphatic carboxylic acids is 1. The van der Waals surface area contributed by atoms with E-state index in [1.807, 2.05) is 0 Å². The summed E-state index contributed by atoms with van der Waals surface area (Å²) in [5.41, 5.74) is 0.760. The molecule has 1 aromatic carbocycles. The SMILES string of the molecule is O=C(O)C(CO)NCc1ccc(F)cc1. The number of halogens is 1. The summed E-state index contributed by atoms with van der Waals surface area (Å²) in [6.07, 6.45) is 0. The third kappa shape index (κ3) is 3.65. The molecule has 4 nitrogen and oxygen atoms in total. The fraction of sp³-hybridized carbons (Fsp3) is 0.300. The Labute approximate surface area is 86.4 Å². The fourth-order valence-electron chi connectivity index (χ4n) is 1.07. The van der Waals surface area contributed by atoms with E-state index in [1.165, 1.54) is 12.1 Å². The van der Waals surface area contributed by atoms with E-state index < -0.39 is 18.6 Å². The minimum atomic E-state index is -1.11. The summed E-state index contributed by atoms with van der Waals surface area (Å²) in [5, 5.41) is 20.0. The van der Waals surface area contributed by atoms with Crippen LogP contribution in [0.5, 0.6) is 0 Å². The van der Waals surface area contributed by atoms with Gasteiger partial charge in [0.15, 0.2) is 0 Å². The maximum atomic E-state index is 12.5. The Morgan fingerprint density at radius 1 is 1.40 bits per heavy atom. The zero-order valence-corrected chi connectivity index (χ0v) is 7.98. The monoisotopic (exact) mass is 213 g/mol. The molecule has 82 valence electrons. The third-order valence-corrected chi connectivity index (χ3v) is 1.95. The van der Waals surface area contributed by atoms with Gasteiger partial charge in [-0.2, -0.15) is 0 Å². The van der Waals surface area contributed by atoms with E-state index in [0.29, 0.717) is 0 Å². The van der Waals surface area contributed by atoms with Crippen LogP contribution in [-0.4, -0.2) is 28.8 Å². The highest BCUT2D eigenvalue weighted by Gasteiger charge is 2.14. The van der Waals surface area contributed by atoms with Crippen LogP contribution >= 0.6 is 0 Å². The van der Waals surface area contributed by atoms with Crippen LogP contribution in [0.3, 0.4) is 0 Å². The van der Waals surface area contributed by atoms with E-state index >= 15 is 0 Å². The Bertz CT molecular complexity index is 326. The average molecular weight is 213 g/mol. The molecule has 1 unspecified atom stereocenters. The number of carboxylic acids is 1. The van der Waals surface area contributed by atoms with Crippen molar-refractivity contribution in [1.82, 2.24) is 5.32 Å². The number of aliphatic hydroxyl groups is 1. The molecule has 3 N–H and O–H groups in total. The second-order valence-electron chi connectivity index (χ2n) is 3.08. The van der Waals surface area contributed by atoms with Gasteiger partial charge in [-0.15, -0.1) is 0 Å². The molecule has 0 spiro atoms. The summed E-state index contributed by atoms with van der Waals surface area (Å²) >= 11 is 0. The van der Waals surface area contributed by atoms with E-state index in [2.05, 4.69) is 5.32 Å². The van der Waals surface area contributed by atoms with Crippen LogP contribution in [-0.2, 0) is 11.3 Å². The Kier molecular flexibility index (Phi) is 4.20. The van der Waals surface area contributed by atoms with E-state index in [1.54, 1.807) is 12.1 Å². The largest absolute Gasteiger partial charge is 0.480 e. The van der Waals surface area contributed by atoms with Crippen LogP contribution in [0.1, 0.15) is 5.56 Å². The van der Waals surface area contributed by atoms with Crippen molar-refractivity contribution in [2.45, 2.75) is 12.6 Å². The molecule has 0 aliphatic carbocycles. The van der Waals surface area contributed by atoms with Gasteiger partial charge in [0.25, 0.3) is 0 Å². The lowest BCUT2D eigenvalue weighted by Gasteiger charge is -2.11. The van der Waals surface area contributed by atoms with E-state index in [0.717, 1.165) is 5.56 Å². The van der Waals surface area contributed by atoms with Crippen molar-refractivity contribution in [2.75, 3.05) is 6.61 Å². The Balaban J connectivity index is 2.49. The minimum Gasteiger partial charge on any atom is -0.480 e. The highest BCUT2D eigenvalue weighted by Crippen LogP contribution is 2.02. The number of aliphatic hydroxyl groups excluding tert-OH is 1. The Morgan fingerprint density at radius 3 is 2.47 bits per heavy atom. The van der Waals surface area contributed by atoms with Crippen LogP contribution in [0.15, 0.2) is 24.3 Å². The first kappa shape index (κ1) is 11.6. The molecule has 0 aliphatic heterocycles. The smallest absolute Gasteiger partial charge is 0.323 e. The number of nitrogens with one attached hydrogen (secondary N) is 1. The molecule has 0 amide bonds. The van der Waals surface area contributed by atoms with Gasteiger partial charge < -0.3 is 10.2 Å². The van der Waals surface area contributed by atoms with Gasteiger partial charge in [-0.25, -0.2) is 4.39 Å². The molecule has 0 saturated heterocycles. The van der Waals surface area contributed by atoms with Gasteiger partial charge in [-0.05, 0) is 17.7 Å². The maximum Gasteiger partial charge on any atom is 0.323 e. The van der Waals surface area contributed by atoms with Crippen molar-refractivity contribution in [1.29, 1.82) is 0 Å². The van der Waals surface area contributed by atoms with Crippen LogP contribution in [0.25, 0.3) is 0 Å². The lowest BCUT2D eigenvalue weighted by atomic mass is 10.2. The Hall–Kier alpha value is -1.46. The van der Waals surface area contributed by atoms with E-state index in [-0.39, 0.29) is 12.4 Å². The minimum absolute atomic E-state index is 0.276. The number of carboxylic acid groups (broad SMARTS) is 1. The molecule has 0 fully saturated rings. The van der Waals surface area contributed by atoms with Gasteiger partial charge in [0.05, 0.1) is 6.61 Å². The predicted octanol–water partition coefficient (Wildman–Crippen LogP) is 0.361. The molecular formula is C10H12FNO3. The first-order chi connectivity index (χ1) is 7.13. The summed E-state index contributed by atoms with van der Waals surface area (Å²) in [5.74, 6) is -1.45. The van der Waals surface area contributed by atoms with E-state index in [4.69, 9.17) is 10.2 Å². The van der Waals surface area contributed by atoms with Crippen molar-refractivity contribution in [2.24, 2.45) is 0 Å². The third-order valence-electron chi connectivity index (χ3n) is 1.95. The highest BCUT2D eigenvalue weighted by atomic mass is 19.1. The second-order valence-corrected chi connectivity index (χ2v) is 3.08. The van der Waals surface area contributed by atoms with Crippen LogP contribution in [0.4, 0.5) is 4.39 Å². The number of benzene rings is 1. The quantitative estimate of drug-likeness (QED) is 0.660. The second kappa shape index (κ2) is 5.43. The number of hydrogen-bond acceptors (Lipinski definition) is 3. The first-order valence-corrected chi connectivity index (χ1v) is 4.45. The molecule has 1 atom stereocenters. The predicted molar refractivity (Wildman–Crippen MR) is 51.7 cm³/mol. The number of rotatable bonds is 5. The zero-order chi connectivity index (χ0) is 11.3. The summed E-state index contributed by atoms with van der Waals surface area (Å²) in [6.45, 7) is -0.200. The molecule has 0 saturated carbocycles. The van der Waals surface area contributed by atoms with Gasteiger partial charge in [0.1, 0.15) is 11.9 Å². The topological polar surface area (TPSA) is 69.6 Å². The first-order valence-electron chi connectivity index (χ1n) is 4.45. The standard InChI is InChI=1S/C10H12FNO3/c11-8-3-1-7(2-4-8)5-12-9(6-13)10(14)15/h1-4,9,12-13H,5-6H2,(H,14,15). The Morgan fingerprint density at radius 2 is 2.00 bits per heavy atom.